The van der Waals surface area contributed by atoms with Gasteiger partial charge >= 0.3 is 5.97 Å². The summed E-state index contributed by atoms with van der Waals surface area (Å²) in [5.41, 5.74) is 2.49. The second-order valence-corrected chi connectivity index (χ2v) is 5.07. The molecule has 1 aromatic carbocycles. The van der Waals surface area contributed by atoms with Gasteiger partial charge < -0.3 is 4.74 Å². The van der Waals surface area contributed by atoms with Crippen LogP contribution in [0.2, 0.25) is 0 Å². The van der Waals surface area contributed by atoms with Crippen LogP contribution in [0.25, 0.3) is 11.3 Å². The van der Waals surface area contributed by atoms with Crippen LogP contribution >= 0.6 is 0 Å². The molecule has 1 N–H and O–H groups in total. The zero-order valence-electron chi connectivity index (χ0n) is 12.5. The van der Waals surface area contributed by atoms with Crippen molar-refractivity contribution in [3.8, 4) is 11.3 Å². The van der Waals surface area contributed by atoms with Gasteiger partial charge in [-0.25, -0.2) is 9.18 Å². The van der Waals surface area contributed by atoms with E-state index in [1.165, 1.54) is 18.3 Å². The first kappa shape index (κ1) is 15.0. The molecule has 0 aliphatic carbocycles. The summed E-state index contributed by atoms with van der Waals surface area (Å²) < 4.78 is 20.0. The lowest BCUT2D eigenvalue weighted by Gasteiger charge is -2.05. The van der Waals surface area contributed by atoms with Crippen LogP contribution in [-0.4, -0.2) is 32.6 Å². The van der Waals surface area contributed by atoms with E-state index in [0.29, 0.717) is 23.2 Å². The Bertz CT molecular complexity index is 808. The number of carbonyl (C=O) groups excluding carboxylic acids is 1. The van der Waals surface area contributed by atoms with Crippen molar-refractivity contribution in [1.29, 1.82) is 0 Å². The topological polar surface area (TPSA) is 72.8 Å². The average molecular weight is 314 g/mol. The van der Waals surface area contributed by atoms with Crippen LogP contribution in [0.15, 0.2) is 42.9 Å². The zero-order valence-corrected chi connectivity index (χ0v) is 12.5. The van der Waals surface area contributed by atoms with E-state index in [0.717, 1.165) is 5.56 Å². The molecule has 0 saturated heterocycles. The Morgan fingerprint density at radius 2 is 2.09 bits per heavy atom. The van der Waals surface area contributed by atoms with Crippen molar-refractivity contribution in [3.63, 3.8) is 0 Å². The fourth-order valence-electron chi connectivity index (χ4n) is 2.22. The van der Waals surface area contributed by atoms with Gasteiger partial charge in [0.1, 0.15) is 11.4 Å². The SMILES string of the molecule is Cn1cc(CCOC(=O)c2cn[nH]c2-c2ccc(F)cc2)cn1. The number of rotatable bonds is 5. The molecule has 3 aromatic rings. The number of aromatic nitrogens is 4. The van der Waals surface area contributed by atoms with Gasteiger partial charge in [-0.15, -0.1) is 0 Å². The molecule has 7 heteroatoms. The number of benzene rings is 1. The van der Waals surface area contributed by atoms with Crippen molar-refractivity contribution in [3.05, 3.63) is 59.8 Å². The lowest BCUT2D eigenvalue weighted by Crippen LogP contribution is -2.08. The fourth-order valence-corrected chi connectivity index (χ4v) is 2.22. The summed E-state index contributed by atoms with van der Waals surface area (Å²) in [5, 5.41) is 10.7. The minimum absolute atomic E-state index is 0.249. The molecule has 3 rings (SSSR count). The summed E-state index contributed by atoms with van der Waals surface area (Å²) in [6.07, 6.45) is 5.60. The summed E-state index contributed by atoms with van der Waals surface area (Å²) in [7, 11) is 1.83. The molecule has 23 heavy (non-hydrogen) atoms. The summed E-state index contributed by atoms with van der Waals surface area (Å²) in [4.78, 5) is 12.2. The first-order valence-electron chi connectivity index (χ1n) is 7.07. The normalized spacial score (nSPS) is 10.7. The van der Waals surface area contributed by atoms with Crippen LogP contribution in [-0.2, 0) is 18.2 Å². The molecular formula is C16H15FN4O2. The molecule has 0 bridgehead atoms. The highest BCUT2D eigenvalue weighted by molar-refractivity contribution is 5.95. The fraction of sp³-hybridized carbons (Fsp3) is 0.188. The van der Waals surface area contributed by atoms with Crippen molar-refractivity contribution in [2.45, 2.75) is 6.42 Å². The number of H-pyrrole nitrogens is 1. The van der Waals surface area contributed by atoms with Gasteiger partial charge in [0.05, 0.1) is 24.7 Å². The molecule has 118 valence electrons. The smallest absolute Gasteiger partial charge is 0.341 e. The number of hydrogen-bond acceptors (Lipinski definition) is 4. The largest absolute Gasteiger partial charge is 0.462 e. The van der Waals surface area contributed by atoms with Crippen LogP contribution in [0.1, 0.15) is 15.9 Å². The Morgan fingerprint density at radius 3 is 2.78 bits per heavy atom. The number of aromatic amines is 1. The molecule has 0 saturated carbocycles. The summed E-state index contributed by atoms with van der Waals surface area (Å²) in [6, 6.07) is 5.81. The molecule has 0 fully saturated rings. The van der Waals surface area contributed by atoms with Gasteiger partial charge in [-0.1, -0.05) is 0 Å². The molecule has 2 heterocycles. The van der Waals surface area contributed by atoms with Gasteiger partial charge in [0.2, 0.25) is 0 Å². The first-order chi connectivity index (χ1) is 11.1. The molecule has 0 radical (unpaired) electrons. The number of hydrogen-bond donors (Lipinski definition) is 1. The van der Waals surface area contributed by atoms with E-state index in [-0.39, 0.29) is 12.4 Å². The van der Waals surface area contributed by atoms with Crippen molar-refractivity contribution in [1.82, 2.24) is 20.0 Å². The first-order valence-corrected chi connectivity index (χ1v) is 7.07. The maximum atomic E-state index is 13.0. The van der Waals surface area contributed by atoms with E-state index in [4.69, 9.17) is 4.74 Å². The molecule has 0 atom stereocenters. The third kappa shape index (κ3) is 3.45. The van der Waals surface area contributed by atoms with E-state index >= 15 is 0 Å². The number of esters is 1. The lowest BCUT2D eigenvalue weighted by atomic mass is 10.1. The molecule has 2 aromatic heterocycles. The van der Waals surface area contributed by atoms with Gasteiger partial charge in [0, 0.05) is 25.2 Å². The van der Waals surface area contributed by atoms with Gasteiger partial charge in [-0.2, -0.15) is 10.2 Å². The highest BCUT2D eigenvalue weighted by Crippen LogP contribution is 2.22. The van der Waals surface area contributed by atoms with E-state index in [1.54, 1.807) is 23.0 Å². The van der Waals surface area contributed by atoms with E-state index in [9.17, 15) is 9.18 Å². The van der Waals surface area contributed by atoms with E-state index < -0.39 is 5.97 Å². The maximum absolute atomic E-state index is 13.0. The molecule has 0 spiro atoms. The molecular weight excluding hydrogens is 299 g/mol. The summed E-state index contributed by atoms with van der Waals surface area (Å²) in [5.74, 6) is -0.809. The highest BCUT2D eigenvalue weighted by atomic mass is 19.1. The van der Waals surface area contributed by atoms with Gasteiger partial charge in [0.15, 0.2) is 0 Å². The Labute approximate surface area is 131 Å². The van der Waals surface area contributed by atoms with Crippen molar-refractivity contribution in [2.24, 2.45) is 7.05 Å². The number of aryl methyl sites for hydroxylation is 1. The Morgan fingerprint density at radius 1 is 1.30 bits per heavy atom. The monoisotopic (exact) mass is 314 g/mol. The van der Waals surface area contributed by atoms with Crippen LogP contribution in [0.3, 0.4) is 0 Å². The minimum Gasteiger partial charge on any atom is -0.462 e. The number of halogens is 1. The second kappa shape index (κ2) is 6.43. The Balaban J connectivity index is 1.66. The van der Waals surface area contributed by atoms with E-state index in [2.05, 4.69) is 15.3 Å². The lowest BCUT2D eigenvalue weighted by molar-refractivity contribution is 0.0510. The Kier molecular flexibility index (Phi) is 4.18. The molecule has 0 unspecified atom stereocenters. The molecule has 6 nitrogen and oxygen atoms in total. The predicted molar refractivity (Wildman–Crippen MR) is 81.2 cm³/mol. The third-order valence-corrected chi connectivity index (χ3v) is 3.37. The standard InChI is InChI=1S/C16H15FN4O2/c1-21-10-11(8-19-21)6-7-23-16(22)14-9-18-20-15(14)12-2-4-13(17)5-3-12/h2-5,8-10H,6-7H2,1H3,(H,18,20). The van der Waals surface area contributed by atoms with Gasteiger partial charge in [-0.05, 0) is 29.8 Å². The Hall–Kier alpha value is -2.96. The number of carbonyl (C=O) groups is 1. The maximum Gasteiger partial charge on any atom is 0.341 e. The van der Waals surface area contributed by atoms with Crippen LogP contribution in [0.4, 0.5) is 4.39 Å². The van der Waals surface area contributed by atoms with Gasteiger partial charge in [0.25, 0.3) is 0 Å². The summed E-state index contributed by atoms with van der Waals surface area (Å²) in [6.45, 7) is 0.249. The van der Waals surface area contributed by atoms with Crippen molar-refractivity contribution >= 4 is 5.97 Å². The number of nitrogens with zero attached hydrogens (tertiary/aromatic N) is 3. The summed E-state index contributed by atoms with van der Waals surface area (Å²) >= 11 is 0. The van der Waals surface area contributed by atoms with Crippen LogP contribution < -0.4 is 0 Å². The van der Waals surface area contributed by atoms with Crippen LogP contribution in [0.5, 0.6) is 0 Å². The third-order valence-electron chi connectivity index (χ3n) is 3.37. The zero-order chi connectivity index (χ0) is 16.2. The highest BCUT2D eigenvalue weighted by Gasteiger charge is 2.16. The van der Waals surface area contributed by atoms with Crippen molar-refractivity contribution in [2.75, 3.05) is 6.61 Å². The van der Waals surface area contributed by atoms with Crippen LogP contribution in [0, 0.1) is 5.82 Å². The molecule has 0 amide bonds. The molecule has 0 aliphatic rings. The average Bonchev–Trinajstić information content (AvgIpc) is 3.17. The number of ether oxygens (including phenoxy) is 1. The van der Waals surface area contributed by atoms with Gasteiger partial charge in [-0.3, -0.25) is 9.78 Å². The predicted octanol–water partition coefficient (Wildman–Crippen LogP) is 2.35. The van der Waals surface area contributed by atoms with E-state index in [1.807, 2.05) is 13.2 Å². The quantitative estimate of drug-likeness (QED) is 0.734. The molecule has 0 aliphatic heterocycles. The minimum atomic E-state index is -0.470. The van der Waals surface area contributed by atoms with Crippen molar-refractivity contribution < 1.29 is 13.9 Å². The second-order valence-electron chi connectivity index (χ2n) is 5.07. The number of nitrogens with one attached hydrogen (secondary N) is 1.